The minimum absolute atomic E-state index is 0.982. The Balaban J connectivity index is 1.66. The molecule has 10 fully saturated rings. The molecular weight excluding hydrogens is 344 g/mol. The number of fused-ring (bicyclic) bond motifs is 10. The zero-order valence-electron chi connectivity index (χ0n) is 17.5. The Hall–Kier alpha value is 0.519. The summed E-state index contributed by atoms with van der Waals surface area (Å²) < 4.78 is 6.91. The molecule has 10 aliphatic heterocycles. The SMILES string of the molecule is CC[C]12[CH]3[CH]4[CH]5[C]1(CC)[Fe]43521678[C]2(CC)[C]1(CC)[C]6(CC)[C]7(CC)[C]28CC. The van der Waals surface area contributed by atoms with Crippen molar-refractivity contribution >= 4 is 0 Å². The van der Waals surface area contributed by atoms with E-state index in [9.17, 15) is 0 Å². The summed E-state index contributed by atoms with van der Waals surface area (Å²) in [5, 5.41) is 0. The van der Waals surface area contributed by atoms with Gasteiger partial charge >= 0.3 is 145 Å². The van der Waals surface area contributed by atoms with Crippen LogP contribution in [0.5, 0.6) is 0 Å². The van der Waals surface area contributed by atoms with Gasteiger partial charge in [0.15, 0.2) is 0 Å². The van der Waals surface area contributed by atoms with E-state index in [0.717, 1.165) is 30.2 Å². The van der Waals surface area contributed by atoms with Gasteiger partial charge in [0, 0.05) is 0 Å². The van der Waals surface area contributed by atoms with E-state index >= 15 is 0 Å². The summed E-state index contributed by atoms with van der Waals surface area (Å²) >= 11 is 0. The van der Waals surface area contributed by atoms with Crippen molar-refractivity contribution in [1.82, 2.24) is 0 Å². The third-order valence-corrected chi connectivity index (χ3v) is 71.3. The molecule has 0 aromatic carbocycles. The number of rotatable bonds is 7. The average Bonchev–Trinajstić information content (AvgIpc) is 3.60. The molecule has 0 radical (unpaired) electrons. The Morgan fingerprint density at radius 3 is 0.920 bits per heavy atom. The molecule has 25 heavy (non-hydrogen) atoms. The molecule has 1 heteroatoms. The topological polar surface area (TPSA) is 0 Å². The van der Waals surface area contributed by atoms with Gasteiger partial charge in [0.2, 0.25) is 0 Å². The van der Waals surface area contributed by atoms with E-state index in [0.29, 0.717) is 0 Å². The zero-order valence-corrected chi connectivity index (χ0v) is 18.6. The molecule has 10 rings (SSSR count). The Morgan fingerprint density at radius 2 is 0.760 bits per heavy atom. The van der Waals surface area contributed by atoms with Crippen molar-refractivity contribution in [2.45, 2.75) is 138 Å². The van der Waals surface area contributed by atoms with Crippen LogP contribution in [0.4, 0.5) is 0 Å². The molecule has 10 aliphatic rings. The van der Waals surface area contributed by atoms with E-state index < -0.39 is 6.51 Å². The molecule has 0 saturated carbocycles. The van der Waals surface area contributed by atoms with Gasteiger partial charge in [-0.2, -0.15) is 0 Å². The summed E-state index contributed by atoms with van der Waals surface area (Å²) in [6.07, 6.45) is 11.4. The molecule has 0 amide bonds. The number of hydrogen-bond acceptors (Lipinski definition) is 0. The first-order valence-corrected chi connectivity index (χ1v) is 17.8. The predicted octanol–water partition coefficient (Wildman–Crippen LogP) is 8.84. The van der Waals surface area contributed by atoms with Crippen molar-refractivity contribution in [3.05, 3.63) is 0 Å². The second kappa shape index (κ2) is 1.27. The molecule has 0 aliphatic carbocycles. The monoisotopic (exact) mass is 382 g/mol. The molecule has 0 bridgehead atoms. The molecule has 142 valence electrons. The van der Waals surface area contributed by atoms with Crippen molar-refractivity contribution in [2.75, 3.05) is 0 Å². The Bertz CT molecular complexity index is 1140. The van der Waals surface area contributed by atoms with Crippen LogP contribution in [-0.2, 0) is 6.51 Å². The van der Waals surface area contributed by atoms with Crippen molar-refractivity contribution in [3.63, 3.8) is 0 Å². The summed E-state index contributed by atoms with van der Waals surface area (Å²) in [6.45, 7) is 15.1. The van der Waals surface area contributed by atoms with Gasteiger partial charge in [-0.15, -0.1) is 0 Å². The first-order chi connectivity index (χ1) is 11.8. The van der Waals surface area contributed by atoms with E-state index in [4.69, 9.17) is 0 Å². The van der Waals surface area contributed by atoms with Crippen LogP contribution in [0.15, 0.2) is 0 Å². The molecule has 0 aromatic heterocycles. The average molecular weight is 382 g/mol. The third-order valence-electron chi connectivity index (χ3n) is 21.4. The van der Waals surface area contributed by atoms with Crippen LogP contribution in [0.2, 0.25) is 44.6 Å². The van der Waals surface area contributed by atoms with Crippen LogP contribution in [-0.4, -0.2) is 0 Å². The maximum atomic E-state index is 2.70. The molecule has 0 N–H and O–H groups in total. The van der Waals surface area contributed by atoms with E-state index in [1.54, 1.807) is 44.9 Å². The van der Waals surface area contributed by atoms with E-state index in [1.807, 2.05) is 0 Å². The fraction of sp³-hybridized carbons (Fsp3) is 1.00. The molecule has 4 atom stereocenters. The van der Waals surface area contributed by atoms with Gasteiger partial charge in [-0.3, -0.25) is 0 Å². The van der Waals surface area contributed by atoms with Crippen molar-refractivity contribution < 1.29 is 6.51 Å². The van der Waals surface area contributed by atoms with E-state index in [1.165, 1.54) is 14.4 Å². The van der Waals surface area contributed by atoms with Gasteiger partial charge in [-0.25, -0.2) is 0 Å². The summed E-state index contributed by atoms with van der Waals surface area (Å²) in [6, 6.07) is 0. The van der Waals surface area contributed by atoms with Crippen molar-refractivity contribution in [1.29, 1.82) is 0 Å². The van der Waals surface area contributed by atoms with Gasteiger partial charge in [0.25, 0.3) is 0 Å². The summed E-state index contributed by atoms with van der Waals surface area (Å²) in [7, 11) is 0. The Kier molecular flexibility index (Phi) is 0.652. The first-order valence-electron chi connectivity index (χ1n) is 12.0. The van der Waals surface area contributed by atoms with Crippen molar-refractivity contribution in [3.8, 4) is 0 Å². The summed E-state index contributed by atoms with van der Waals surface area (Å²) in [5.41, 5.74) is 0. The number of hydrogen-bond donors (Lipinski definition) is 0. The molecule has 1 spiro atoms. The molecule has 0 aromatic rings. The summed E-state index contributed by atoms with van der Waals surface area (Å²) in [4.78, 5) is 4.17. The zero-order chi connectivity index (χ0) is 17.5. The summed E-state index contributed by atoms with van der Waals surface area (Å²) in [5.74, 6) is 0. The van der Waals surface area contributed by atoms with Crippen LogP contribution < -0.4 is 0 Å². The van der Waals surface area contributed by atoms with Gasteiger partial charge in [0.1, 0.15) is 0 Å². The normalized spacial score (nSPS) is 103. The second-order valence-corrected chi connectivity index (χ2v) is 36.0. The molecule has 10 heterocycles. The predicted molar refractivity (Wildman–Crippen MR) is 102 cm³/mol. The van der Waals surface area contributed by atoms with Crippen molar-refractivity contribution in [2.24, 2.45) is 0 Å². The van der Waals surface area contributed by atoms with Gasteiger partial charge in [-0.05, 0) is 0 Å². The fourth-order valence-electron chi connectivity index (χ4n) is 29.2. The van der Waals surface area contributed by atoms with Crippen LogP contribution >= 0.6 is 0 Å². The molecule has 4 unspecified atom stereocenters. The standard InChI is InChI=1S/C15H25.C9H13.Fe/c1-6-11-12(7-2)14(9-4)15(10-5)13(11)8-3;1-3-8-6-5-7-9(8)4-2;/h6-10H2,1-5H3;5-7H,3-4H2,1-2H3;. The van der Waals surface area contributed by atoms with Crippen LogP contribution in [0.25, 0.3) is 0 Å². The second-order valence-electron chi connectivity index (χ2n) is 13.6. The maximum absolute atomic E-state index is 3.81. The van der Waals surface area contributed by atoms with E-state index in [2.05, 4.69) is 48.5 Å². The van der Waals surface area contributed by atoms with Gasteiger partial charge in [0.05, 0.1) is 0 Å². The van der Waals surface area contributed by atoms with Crippen LogP contribution in [0.3, 0.4) is 0 Å². The first kappa shape index (κ1) is 12.9. The Morgan fingerprint density at radius 1 is 0.480 bits per heavy atom. The van der Waals surface area contributed by atoms with E-state index in [-0.39, 0.29) is 0 Å². The Labute approximate surface area is 144 Å². The molecule has 10 saturated heterocycles. The van der Waals surface area contributed by atoms with Crippen LogP contribution in [0.1, 0.15) is 93.4 Å². The third kappa shape index (κ3) is 0.123. The molecule has 0 nitrogen and oxygen atoms in total. The van der Waals surface area contributed by atoms with Gasteiger partial charge < -0.3 is 0 Å². The fourth-order valence-corrected chi connectivity index (χ4v) is 126. The van der Waals surface area contributed by atoms with Gasteiger partial charge in [-0.1, -0.05) is 0 Å². The quantitative estimate of drug-likeness (QED) is 0.386. The molecular formula is C24H38Fe. The minimum atomic E-state index is -3.81. The van der Waals surface area contributed by atoms with Crippen LogP contribution in [0, 0.1) is 0 Å².